The van der Waals surface area contributed by atoms with Crippen LogP contribution in [-0.2, 0) is 6.54 Å². The lowest BCUT2D eigenvalue weighted by atomic mass is 10.2. The molecule has 0 bridgehead atoms. The van der Waals surface area contributed by atoms with E-state index in [4.69, 9.17) is 5.73 Å². The average Bonchev–Trinajstić information content (AvgIpc) is 2.30. The molecule has 0 aliphatic rings. The van der Waals surface area contributed by atoms with Crippen LogP contribution >= 0.6 is 0 Å². The summed E-state index contributed by atoms with van der Waals surface area (Å²) in [5.74, 6) is 0. The van der Waals surface area contributed by atoms with Crippen LogP contribution in [0.3, 0.4) is 0 Å². The Morgan fingerprint density at radius 3 is 2.56 bits per heavy atom. The molecule has 0 atom stereocenters. The maximum atomic E-state index is 5.63. The van der Waals surface area contributed by atoms with E-state index in [9.17, 15) is 0 Å². The van der Waals surface area contributed by atoms with Crippen LogP contribution in [-0.4, -0.2) is 24.5 Å². The first-order valence-corrected chi connectivity index (χ1v) is 5.89. The molecule has 0 saturated carbocycles. The fraction of sp³-hybridized carbons (Fsp3) is 0.429. The molecule has 16 heavy (non-hydrogen) atoms. The molecule has 0 spiro atoms. The maximum absolute atomic E-state index is 5.63. The zero-order valence-corrected chi connectivity index (χ0v) is 10.2. The van der Waals surface area contributed by atoms with Gasteiger partial charge in [-0.1, -0.05) is 49.4 Å². The second-order valence-corrected chi connectivity index (χ2v) is 4.09. The van der Waals surface area contributed by atoms with Gasteiger partial charge in [-0.25, -0.2) is 0 Å². The van der Waals surface area contributed by atoms with Gasteiger partial charge in [0.25, 0.3) is 0 Å². The molecule has 88 valence electrons. The van der Waals surface area contributed by atoms with Gasteiger partial charge >= 0.3 is 0 Å². The summed E-state index contributed by atoms with van der Waals surface area (Å²) in [6.07, 6.45) is 1.04. The van der Waals surface area contributed by atoms with Crippen molar-refractivity contribution < 1.29 is 0 Å². The van der Waals surface area contributed by atoms with Crippen molar-refractivity contribution >= 4 is 0 Å². The molecule has 0 aliphatic carbocycles. The molecule has 2 nitrogen and oxygen atoms in total. The third kappa shape index (κ3) is 4.60. The smallest absolute Gasteiger partial charge is 0.0237 e. The minimum absolute atomic E-state index is 0.698. The molecular formula is C14H22N2. The van der Waals surface area contributed by atoms with Crippen molar-refractivity contribution in [3.63, 3.8) is 0 Å². The summed E-state index contributed by atoms with van der Waals surface area (Å²) in [7, 11) is 0. The summed E-state index contributed by atoms with van der Waals surface area (Å²) in [5.41, 5.74) is 8.23. The van der Waals surface area contributed by atoms with Crippen LogP contribution in [0.4, 0.5) is 0 Å². The average molecular weight is 218 g/mol. The molecule has 2 N–H and O–H groups in total. The van der Waals surface area contributed by atoms with Gasteiger partial charge in [-0.05, 0) is 12.0 Å². The lowest BCUT2D eigenvalue weighted by molar-refractivity contribution is 0.294. The van der Waals surface area contributed by atoms with Crippen molar-refractivity contribution in [2.24, 2.45) is 5.73 Å². The van der Waals surface area contributed by atoms with Gasteiger partial charge in [-0.2, -0.15) is 0 Å². The van der Waals surface area contributed by atoms with Gasteiger partial charge < -0.3 is 5.73 Å². The Morgan fingerprint density at radius 1 is 1.31 bits per heavy atom. The highest BCUT2D eigenvalue weighted by Crippen LogP contribution is 2.07. The molecule has 0 amide bonds. The van der Waals surface area contributed by atoms with E-state index in [1.54, 1.807) is 0 Å². The topological polar surface area (TPSA) is 29.3 Å². The van der Waals surface area contributed by atoms with Crippen molar-refractivity contribution in [3.8, 4) is 0 Å². The first-order valence-electron chi connectivity index (χ1n) is 5.89. The molecule has 1 aromatic carbocycles. The number of nitrogens with two attached hydrogens (primary N) is 1. The summed E-state index contributed by atoms with van der Waals surface area (Å²) < 4.78 is 0. The Balaban J connectivity index is 2.54. The van der Waals surface area contributed by atoms with Gasteiger partial charge in [0.15, 0.2) is 0 Å². The highest BCUT2D eigenvalue weighted by molar-refractivity contribution is 5.14. The van der Waals surface area contributed by atoms with E-state index < -0.39 is 0 Å². The van der Waals surface area contributed by atoms with Gasteiger partial charge in [-0.15, -0.1) is 0 Å². The summed E-state index contributed by atoms with van der Waals surface area (Å²) in [6, 6.07) is 10.5. The van der Waals surface area contributed by atoms with Crippen molar-refractivity contribution in [1.29, 1.82) is 0 Å². The molecule has 0 aliphatic heterocycles. The minimum Gasteiger partial charge on any atom is -0.329 e. The van der Waals surface area contributed by atoms with Gasteiger partial charge in [0.05, 0.1) is 0 Å². The number of nitrogens with zero attached hydrogens (tertiary/aromatic N) is 1. The quantitative estimate of drug-likeness (QED) is 0.712. The van der Waals surface area contributed by atoms with Gasteiger partial charge in [0.1, 0.15) is 0 Å². The van der Waals surface area contributed by atoms with Crippen LogP contribution in [0.1, 0.15) is 18.9 Å². The third-order valence-electron chi connectivity index (χ3n) is 2.64. The monoisotopic (exact) mass is 218 g/mol. The van der Waals surface area contributed by atoms with Crippen molar-refractivity contribution in [3.05, 3.63) is 48.0 Å². The fourth-order valence-electron chi connectivity index (χ4n) is 1.67. The number of hydrogen-bond donors (Lipinski definition) is 1. The zero-order chi connectivity index (χ0) is 11.8. The molecule has 1 aromatic rings. The van der Waals surface area contributed by atoms with Crippen LogP contribution in [0.5, 0.6) is 0 Å². The van der Waals surface area contributed by atoms with Gasteiger partial charge in [0, 0.05) is 26.2 Å². The molecule has 1 rings (SSSR count). The molecule has 0 heterocycles. The normalized spacial score (nSPS) is 10.7. The van der Waals surface area contributed by atoms with E-state index in [2.05, 4.69) is 42.7 Å². The lowest BCUT2D eigenvalue weighted by Crippen LogP contribution is -2.30. The molecule has 0 radical (unpaired) electrons. The highest BCUT2D eigenvalue weighted by atomic mass is 15.1. The summed E-state index contributed by atoms with van der Waals surface area (Å²) in [4.78, 5) is 2.35. The van der Waals surface area contributed by atoms with E-state index in [1.165, 1.54) is 11.1 Å². The standard InChI is InChI=1S/C14H22N2/c1-3-13(2)11-16(10-9-15)12-14-7-5-4-6-8-14/h4-8H,2-3,9-12,15H2,1H3. The van der Waals surface area contributed by atoms with Crippen LogP contribution in [0.25, 0.3) is 0 Å². The maximum Gasteiger partial charge on any atom is 0.0237 e. The predicted molar refractivity (Wildman–Crippen MR) is 70.2 cm³/mol. The zero-order valence-electron chi connectivity index (χ0n) is 10.2. The van der Waals surface area contributed by atoms with E-state index in [1.807, 2.05) is 6.07 Å². The van der Waals surface area contributed by atoms with Crippen molar-refractivity contribution in [2.45, 2.75) is 19.9 Å². The molecule has 0 aromatic heterocycles. The number of rotatable bonds is 7. The second kappa shape index (κ2) is 7.20. The van der Waals surface area contributed by atoms with E-state index in [-0.39, 0.29) is 0 Å². The number of benzene rings is 1. The van der Waals surface area contributed by atoms with Crippen LogP contribution in [0.2, 0.25) is 0 Å². The summed E-state index contributed by atoms with van der Waals surface area (Å²) in [5, 5.41) is 0. The largest absolute Gasteiger partial charge is 0.329 e. The van der Waals surface area contributed by atoms with Crippen LogP contribution in [0, 0.1) is 0 Å². The van der Waals surface area contributed by atoms with Crippen LogP contribution < -0.4 is 5.73 Å². The van der Waals surface area contributed by atoms with Gasteiger partial charge in [0.2, 0.25) is 0 Å². The lowest BCUT2D eigenvalue weighted by Gasteiger charge is -2.22. The molecular weight excluding hydrogens is 196 g/mol. The highest BCUT2D eigenvalue weighted by Gasteiger charge is 2.05. The van der Waals surface area contributed by atoms with Crippen LogP contribution in [0.15, 0.2) is 42.5 Å². The Bertz CT molecular complexity index is 306. The third-order valence-corrected chi connectivity index (χ3v) is 2.64. The number of hydrogen-bond acceptors (Lipinski definition) is 2. The SMILES string of the molecule is C=C(CC)CN(CCN)Cc1ccccc1. The summed E-state index contributed by atoms with van der Waals surface area (Å²) in [6.45, 7) is 9.72. The Labute approximate surface area is 98.8 Å². The Hall–Kier alpha value is -1.12. The minimum atomic E-state index is 0.698. The van der Waals surface area contributed by atoms with Gasteiger partial charge in [-0.3, -0.25) is 4.90 Å². The van der Waals surface area contributed by atoms with E-state index in [0.717, 1.165) is 26.1 Å². The Kier molecular flexibility index (Phi) is 5.83. The van der Waals surface area contributed by atoms with E-state index in [0.29, 0.717) is 6.54 Å². The van der Waals surface area contributed by atoms with E-state index >= 15 is 0 Å². The molecule has 0 saturated heterocycles. The first kappa shape index (κ1) is 12.9. The first-order chi connectivity index (χ1) is 7.76. The Morgan fingerprint density at radius 2 is 2.00 bits per heavy atom. The molecule has 0 unspecified atom stereocenters. The summed E-state index contributed by atoms with van der Waals surface area (Å²) >= 11 is 0. The molecule has 2 heteroatoms. The second-order valence-electron chi connectivity index (χ2n) is 4.09. The van der Waals surface area contributed by atoms with Crippen molar-refractivity contribution in [1.82, 2.24) is 4.90 Å². The molecule has 0 fully saturated rings. The predicted octanol–water partition coefficient (Wildman–Crippen LogP) is 2.41. The van der Waals surface area contributed by atoms with Crippen molar-refractivity contribution in [2.75, 3.05) is 19.6 Å². The fourth-order valence-corrected chi connectivity index (χ4v) is 1.67.